The molecule has 12 heteroatoms. The average molecular weight is 464 g/mol. The van der Waals surface area contributed by atoms with E-state index in [1.807, 2.05) is 13.8 Å². The molecule has 1 fully saturated rings. The Kier molecular flexibility index (Phi) is 6.34. The molecule has 1 aromatic carbocycles. The molecule has 0 bridgehead atoms. The van der Waals surface area contributed by atoms with E-state index in [0.29, 0.717) is 48.9 Å². The Hall–Kier alpha value is -3.44. The van der Waals surface area contributed by atoms with Crippen molar-refractivity contribution in [2.75, 3.05) is 13.1 Å². The molecule has 1 aliphatic rings. The second-order valence-electron chi connectivity index (χ2n) is 8.18. The number of halogens is 3. The topological polar surface area (TPSA) is 99.2 Å². The number of benzene rings is 1. The number of hydrogen-bond donors (Lipinski definition) is 0. The molecule has 0 N–H and O–H groups in total. The fourth-order valence-electron chi connectivity index (χ4n) is 3.60. The van der Waals surface area contributed by atoms with Gasteiger partial charge in [-0.2, -0.15) is 4.98 Å². The van der Waals surface area contributed by atoms with Crippen LogP contribution in [0.5, 0.6) is 5.75 Å². The van der Waals surface area contributed by atoms with Crippen LogP contribution >= 0.6 is 0 Å². The second kappa shape index (κ2) is 9.20. The summed E-state index contributed by atoms with van der Waals surface area (Å²) in [6, 6.07) is 5.42. The molecule has 4 rings (SSSR count). The van der Waals surface area contributed by atoms with Gasteiger partial charge in [0.1, 0.15) is 5.75 Å². The third kappa shape index (κ3) is 5.68. The van der Waals surface area contributed by atoms with Crippen LogP contribution in [0.2, 0.25) is 0 Å². The molecule has 3 heterocycles. The van der Waals surface area contributed by atoms with Crippen molar-refractivity contribution >= 4 is 5.91 Å². The number of carbonyl (C=O) groups is 1. The van der Waals surface area contributed by atoms with Gasteiger partial charge in [-0.25, -0.2) is 4.68 Å². The molecule has 2 aromatic heterocycles. The number of aromatic nitrogens is 5. The number of hydrogen-bond acceptors (Lipinski definition) is 7. The number of piperidine rings is 1. The number of amides is 1. The summed E-state index contributed by atoms with van der Waals surface area (Å²) in [5.74, 6) is 0.681. The molecule has 0 atom stereocenters. The molecule has 1 aliphatic heterocycles. The molecular weight excluding hydrogens is 441 g/mol. The normalized spacial score (nSPS) is 15.3. The summed E-state index contributed by atoms with van der Waals surface area (Å²) >= 11 is 0. The highest BCUT2D eigenvalue weighted by Gasteiger charge is 2.31. The lowest BCUT2D eigenvalue weighted by atomic mass is 10.0. The monoisotopic (exact) mass is 464 g/mol. The molecule has 0 saturated carbocycles. The average Bonchev–Trinajstić information content (AvgIpc) is 3.44. The molecule has 3 aromatic rings. The van der Waals surface area contributed by atoms with Crippen molar-refractivity contribution in [3.05, 3.63) is 41.9 Å². The van der Waals surface area contributed by atoms with E-state index in [1.54, 1.807) is 15.8 Å². The number of nitrogens with zero attached hydrogens (tertiary/aromatic N) is 6. The van der Waals surface area contributed by atoms with Crippen LogP contribution in [0.15, 0.2) is 35.0 Å². The van der Waals surface area contributed by atoms with Gasteiger partial charge in [-0.15, -0.1) is 18.3 Å². The van der Waals surface area contributed by atoms with E-state index in [2.05, 4.69) is 25.2 Å². The summed E-state index contributed by atoms with van der Waals surface area (Å²) in [7, 11) is 0. The summed E-state index contributed by atoms with van der Waals surface area (Å²) in [4.78, 5) is 18.7. The van der Waals surface area contributed by atoms with Crippen molar-refractivity contribution < 1.29 is 27.2 Å². The number of ether oxygens (including phenoxy) is 1. The van der Waals surface area contributed by atoms with Gasteiger partial charge >= 0.3 is 6.36 Å². The number of likely N-dealkylation sites (tertiary alicyclic amines) is 1. The maximum atomic E-state index is 12.6. The van der Waals surface area contributed by atoms with Crippen molar-refractivity contribution in [1.29, 1.82) is 0 Å². The van der Waals surface area contributed by atoms with E-state index in [1.165, 1.54) is 24.3 Å². The van der Waals surface area contributed by atoms with Crippen molar-refractivity contribution in [2.45, 2.75) is 51.4 Å². The molecular formula is C21H23F3N6O3. The van der Waals surface area contributed by atoms with E-state index in [9.17, 15) is 18.0 Å². The van der Waals surface area contributed by atoms with Crippen LogP contribution in [0.3, 0.4) is 0 Å². The van der Waals surface area contributed by atoms with E-state index in [-0.39, 0.29) is 30.0 Å². The zero-order chi connectivity index (χ0) is 23.6. The van der Waals surface area contributed by atoms with Crippen LogP contribution in [0, 0.1) is 0 Å². The van der Waals surface area contributed by atoms with Gasteiger partial charge < -0.3 is 14.2 Å². The minimum Gasteiger partial charge on any atom is -0.406 e. The van der Waals surface area contributed by atoms with Crippen molar-refractivity contribution in [3.63, 3.8) is 0 Å². The first-order chi connectivity index (χ1) is 15.7. The van der Waals surface area contributed by atoms with E-state index in [0.717, 1.165) is 0 Å². The van der Waals surface area contributed by atoms with Crippen LogP contribution in [0.25, 0.3) is 11.6 Å². The lowest BCUT2D eigenvalue weighted by molar-refractivity contribution is -0.274. The predicted molar refractivity (Wildman–Crippen MR) is 109 cm³/mol. The van der Waals surface area contributed by atoms with Crippen LogP contribution < -0.4 is 4.74 Å². The summed E-state index contributed by atoms with van der Waals surface area (Å²) < 4.78 is 47.7. The third-order valence-corrected chi connectivity index (χ3v) is 5.39. The molecule has 0 spiro atoms. The Morgan fingerprint density at radius 2 is 1.91 bits per heavy atom. The van der Waals surface area contributed by atoms with Crippen LogP contribution in [-0.2, 0) is 11.2 Å². The molecule has 0 radical (unpaired) electrons. The number of alkyl halides is 3. The Balaban J connectivity index is 1.30. The molecule has 9 nitrogen and oxygen atoms in total. The maximum absolute atomic E-state index is 12.6. The van der Waals surface area contributed by atoms with Gasteiger partial charge in [0.15, 0.2) is 11.5 Å². The van der Waals surface area contributed by atoms with E-state index < -0.39 is 6.36 Å². The van der Waals surface area contributed by atoms with E-state index in [4.69, 9.17) is 4.52 Å². The first kappa shape index (κ1) is 22.7. The second-order valence-corrected chi connectivity index (χ2v) is 8.18. The Bertz CT molecular complexity index is 1090. The minimum atomic E-state index is -4.74. The van der Waals surface area contributed by atoms with Crippen LogP contribution in [0.1, 0.15) is 50.0 Å². The Labute approximate surface area is 187 Å². The Morgan fingerprint density at radius 3 is 2.52 bits per heavy atom. The quantitative estimate of drug-likeness (QED) is 0.548. The summed E-state index contributed by atoms with van der Waals surface area (Å²) in [5.41, 5.74) is 1.13. The van der Waals surface area contributed by atoms with Crippen LogP contribution in [0.4, 0.5) is 13.2 Å². The molecule has 176 valence electrons. The summed E-state index contributed by atoms with van der Waals surface area (Å²) in [6.45, 7) is 5.04. The molecule has 0 unspecified atom stereocenters. The number of rotatable bonds is 6. The van der Waals surface area contributed by atoms with Gasteiger partial charge in [-0.3, -0.25) is 4.79 Å². The predicted octanol–water partition coefficient (Wildman–Crippen LogP) is 3.76. The van der Waals surface area contributed by atoms with Gasteiger partial charge in [0.25, 0.3) is 5.89 Å². The zero-order valence-corrected chi connectivity index (χ0v) is 18.1. The van der Waals surface area contributed by atoms with Gasteiger partial charge in [0, 0.05) is 19.0 Å². The molecule has 0 aliphatic carbocycles. The smallest absolute Gasteiger partial charge is 0.406 e. The van der Waals surface area contributed by atoms with Crippen molar-refractivity contribution in [1.82, 2.24) is 30.0 Å². The minimum absolute atomic E-state index is 0.0794. The van der Waals surface area contributed by atoms with Gasteiger partial charge in [-0.1, -0.05) is 36.4 Å². The third-order valence-electron chi connectivity index (χ3n) is 5.39. The fourth-order valence-corrected chi connectivity index (χ4v) is 3.60. The highest BCUT2D eigenvalue weighted by atomic mass is 19.4. The molecule has 1 saturated heterocycles. The lowest BCUT2D eigenvalue weighted by Gasteiger charge is -2.32. The maximum Gasteiger partial charge on any atom is 0.573 e. The number of carbonyl (C=O) groups excluding carboxylic acids is 1. The summed E-state index contributed by atoms with van der Waals surface area (Å²) in [6.07, 6.45) is -1.46. The van der Waals surface area contributed by atoms with Gasteiger partial charge in [0.2, 0.25) is 5.91 Å². The SMILES string of the molecule is CC(C)c1noc(-c2cn(C3CCN(C(=O)Cc4ccc(OC(F)(F)F)cc4)CC3)nn2)n1. The molecule has 33 heavy (non-hydrogen) atoms. The van der Waals surface area contributed by atoms with Crippen molar-refractivity contribution in [2.24, 2.45) is 0 Å². The highest BCUT2D eigenvalue weighted by molar-refractivity contribution is 5.78. The largest absolute Gasteiger partial charge is 0.573 e. The Morgan fingerprint density at radius 1 is 1.21 bits per heavy atom. The lowest BCUT2D eigenvalue weighted by Crippen LogP contribution is -2.40. The standard InChI is InChI=1S/C21H23F3N6O3/c1-13(2)19-25-20(33-27-19)17-12-30(28-26-17)15-7-9-29(10-8-15)18(31)11-14-3-5-16(6-4-14)32-21(22,23)24/h3-6,12-13,15H,7-11H2,1-2H3. The van der Waals surface area contributed by atoms with Gasteiger partial charge in [-0.05, 0) is 30.5 Å². The summed E-state index contributed by atoms with van der Waals surface area (Å²) in [5, 5.41) is 12.2. The molecule has 1 amide bonds. The van der Waals surface area contributed by atoms with Crippen LogP contribution in [-0.4, -0.2) is 55.4 Å². The first-order valence-corrected chi connectivity index (χ1v) is 10.6. The fraction of sp³-hybridized carbons (Fsp3) is 0.476. The van der Waals surface area contributed by atoms with Crippen molar-refractivity contribution in [3.8, 4) is 17.3 Å². The highest BCUT2D eigenvalue weighted by Crippen LogP contribution is 2.26. The zero-order valence-electron chi connectivity index (χ0n) is 18.1. The van der Waals surface area contributed by atoms with E-state index >= 15 is 0 Å². The van der Waals surface area contributed by atoms with Gasteiger partial charge in [0.05, 0.1) is 18.7 Å². The first-order valence-electron chi connectivity index (χ1n) is 10.6.